The standard InChI is InChI=1S/C15H13FO/c16-15-8-6-14(7-9-15)12-17-11-10-13-4-2-1-3-5-13/h1-11H,12H2. The highest BCUT2D eigenvalue weighted by atomic mass is 19.1. The molecule has 0 saturated carbocycles. The van der Waals surface area contributed by atoms with Gasteiger partial charge in [-0.2, -0.15) is 0 Å². The predicted molar refractivity (Wildman–Crippen MR) is 66.7 cm³/mol. The molecule has 0 bridgehead atoms. The molecule has 2 rings (SSSR count). The molecule has 0 heterocycles. The van der Waals surface area contributed by atoms with Crippen molar-refractivity contribution in [3.8, 4) is 0 Å². The number of ether oxygens (including phenoxy) is 1. The van der Waals surface area contributed by atoms with Crippen LogP contribution in [0.2, 0.25) is 0 Å². The molecule has 0 atom stereocenters. The Kier molecular flexibility index (Phi) is 3.92. The molecule has 1 nitrogen and oxygen atoms in total. The lowest BCUT2D eigenvalue weighted by molar-refractivity contribution is 0.239. The van der Waals surface area contributed by atoms with E-state index in [9.17, 15) is 4.39 Å². The summed E-state index contributed by atoms with van der Waals surface area (Å²) in [5.41, 5.74) is 2.04. The maximum atomic E-state index is 12.6. The SMILES string of the molecule is Fc1ccc(COC=Cc2ccccc2)cc1. The highest BCUT2D eigenvalue weighted by molar-refractivity contribution is 5.47. The van der Waals surface area contributed by atoms with Gasteiger partial charge >= 0.3 is 0 Å². The summed E-state index contributed by atoms with van der Waals surface area (Å²) in [5, 5.41) is 0. The van der Waals surface area contributed by atoms with Gasteiger partial charge in [0.2, 0.25) is 0 Å². The zero-order valence-corrected chi connectivity index (χ0v) is 9.34. The fraction of sp³-hybridized carbons (Fsp3) is 0.0667. The second kappa shape index (κ2) is 5.85. The van der Waals surface area contributed by atoms with Gasteiger partial charge in [-0.05, 0) is 29.3 Å². The van der Waals surface area contributed by atoms with Gasteiger partial charge in [-0.15, -0.1) is 0 Å². The van der Waals surface area contributed by atoms with E-state index in [0.717, 1.165) is 11.1 Å². The van der Waals surface area contributed by atoms with Crippen LogP contribution in [0.3, 0.4) is 0 Å². The van der Waals surface area contributed by atoms with E-state index in [1.165, 1.54) is 12.1 Å². The minimum atomic E-state index is -0.228. The molecule has 0 fully saturated rings. The van der Waals surface area contributed by atoms with Gasteiger partial charge in [-0.3, -0.25) is 0 Å². The molecule has 86 valence electrons. The average Bonchev–Trinajstić information content (AvgIpc) is 2.38. The summed E-state index contributed by atoms with van der Waals surface area (Å²) in [6, 6.07) is 16.2. The van der Waals surface area contributed by atoms with Crippen molar-refractivity contribution >= 4 is 6.08 Å². The van der Waals surface area contributed by atoms with Crippen molar-refractivity contribution < 1.29 is 9.13 Å². The van der Waals surface area contributed by atoms with Crippen molar-refractivity contribution in [3.63, 3.8) is 0 Å². The van der Waals surface area contributed by atoms with Gasteiger partial charge in [-0.1, -0.05) is 42.5 Å². The Balaban J connectivity index is 1.84. The molecule has 2 aromatic rings. The third-order valence-electron chi connectivity index (χ3n) is 2.32. The van der Waals surface area contributed by atoms with Crippen molar-refractivity contribution in [1.29, 1.82) is 0 Å². The zero-order valence-electron chi connectivity index (χ0n) is 9.34. The van der Waals surface area contributed by atoms with Gasteiger partial charge in [0.05, 0.1) is 6.26 Å². The molecule has 0 aliphatic heterocycles. The Morgan fingerprint density at radius 1 is 0.941 bits per heavy atom. The number of hydrogen-bond donors (Lipinski definition) is 0. The van der Waals surface area contributed by atoms with Crippen LogP contribution in [0.5, 0.6) is 0 Å². The third-order valence-corrected chi connectivity index (χ3v) is 2.32. The van der Waals surface area contributed by atoms with Gasteiger partial charge in [-0.25, -0.2) is 4.39 Å². The van der Waals surface area contributed by atoms with Crippen LogP contribution in [-0.4, -0.2) is 0 Å². The molecule has 2 aromatic carbocycles. The molecule has 0 saturated heterocycles. The van der Waals surface area contributed by atoms with Gasteiger partial charge in [0.25, 0.3) is 0 Å². The third kappa shape index (κ3) is 3.76. The van der Waals surface area contributed by atoms with Crippen molar-refractivity contribution in [2.45, 2.75) is 6.61 Å². The lowest BCUT2D eigenvalue weighted by Crippen LogP contribution is -1.86. The first kappa shape index (κ1) is 11.4. The molecule has 2 heteroatoms. The molecule has 0 aliphatic rings. The van der Waals surface area contributed by atoms with E-state index in [2.05, 4.69) is 0 Å². The second-order valence-corrected chi connectivity index (χ2v) is 3.65. The topological polar surface area (TPSA) is 9.23 Å². The average molecular weight is 228 g/mol. The zero-order chi connectivity index (χ0) is 11.9. The van der Waals surface area contributed by atoms with Crippen LogP contribution in [0.25, 0.3) is 6.08 Å². The monoisotopic (exact) mass is 228 g/mol. The van der Waals surface area contributed by atoms with E-state index in [-0.39, 0.29) is 5.82 Å². The van der Waals surface area contributed by atoms with Crippen LogP contribution in [0.1, 0.15) is 11.1 Å². The summed E-state index contributed by atoms with van der Waals surface area (Å²) in [6.07, 6.45) is 3.54. The summed E-state index contributed by atoms with van der Waals surface area (Å²) in [4.78, 5) is 0. The Hall–Kier alpha value is -2.09. The Bertz CT molecular complexity index is 474. The van der Waals surface area contributed by atoms with Crippen molar-refractivity contribution in [2.24, 2.45) is 0 Å². The first-order chi connectivity index (χ1) is 8.34. The molecule has 0 aliphatic carbocycles. The normalized spacial score (nSPS) is 10.6. The molecule has 0 N–H and O–H groups in total. The molecule has 0 aromatic heterocycles. The Morgan fingerprint density at radius 2 is 1.65 bits per heavy atom. The lowest BCUT2D eigenvalue weighted by atomic mass is 10.2. The molecule has 0 unspecified atom stereocenters. The second-order valence-electron chi connectivity index (χ2n) is 3.65. The van der Waals surface area contributed by atoms with Crippen molar-refractivity contribution in [3.05, 3.63) is 77.8 Å². The number of hydrogen-bond acceptors (Lipinski definition) is 1. The highest BCUT2D eigenvalue weighted by Crippen LogP contribution is 2.06. The van der Waals surface area contributed by atoms with E-state index in [1.54, 1.807) is 18.4 Å². The van der Waals surface area contributed by atoms with Gasteiger partial charge in [0, 0.05) is 0 Å². The van der Waals surface area contributed by atoms with E-state index in [4.69, 9.17) is 4.74 Å². The Morgan fingerprint density at radius 3 is 2.35 bits per heavy atom. The van der Waals surface area contributed by atoms with Gasteiger partial charge < -0.3 is 4.74 Å². The molecule has 0 amide bonds. The van der Waals surface area contributed by atoms with E-state index in [0.29, 0.717) is 6.61 Å². The summed E-state index contributed by atoms with van der Waals surface area (Å²) < 4.78 is 18.0. The molecule has 0 radical (unpaired) electrons. The van der Waals surface area contributed by atoms with Crippen LogP contribution >= 0.6 is 0 Å². The fourth-order valence-electron chi connectivity index (χ4n) is 1.42. The van der Waals surface area contributed by atoms with E-state index < -0.39 is 0 Å². The molecular formula is C15H13FO. The fourth-order valence-corrected chi connectivity index (χ4v) is 1.42. The van der Waals surface area contributed by atoms with Crippen LogP contribution in [0.15, 0.2) is 60.9 Å². The smallest absolute Gasteiger partial charge is 0.123 e. The predicted octanol–water partition coefficient (Wildman–Crippen LogP) is 4.01. The first-order valence-corrected chi connectivity index (χ1v) is 5.42. The van der Waals surface area contributed by atoms with Crippen LogP contribution < -0.4 is 0 Å². The minimum Gasteiger partial charge on any atom is -0.496 e. The van der Waals surface area contributed by atoms with Crippen LogP contribution in [-0.2, 0) is 11.3 Å². The minimum absolute atomic E-state index is 0.228. The van der Waals surface area contributed by atoms with Gasteiger partial charge in [0.15, 0.2) is 0 Å². The summed E-state index contributed by atoms with van der Waals surface area (Å²) in [6.45, 7) is 0.448. The summed E-state index contributed by atoms with van der Waals surface area (Å²) >= 11 is 0. The molecular weight excluding hydrogens is 215 g/mol. The van der Waals surface area contributed by atoms with E-state index >= 15 is 0 Å². The van der Waals surface area contributed by atoms with Crippen molar-refractivity contribution in [2.75, 3.05) is 0 Å². The summed E-state index contributed by atoms with van der Waals surface area (Å²) in [7, 11) is 0. The lowest BCUT2D eigenvalue weighted by Gasteiger charge is -2.00. The number of rotatable bonds is 4. The van der Waals surface area contributed by atoms with Gasteiger partial charge in [0.1, 0.15) is 12.4 Å². The Labute approximate surface area is 100 Å². The van der Waals surface area contributed by atoms with Crippen molar-refractivity contribution in [1.82, 2.24) is 0 Å². The summed E-state index contributed by atoms with van der Waals surface area (Å²) in [5.74, 6) is -0.228. The highest BCUT2D eigenvalue weighted by Gasteiger charge is 1.92. The molecule has 17 heavy (non-hydrogen) atoms. The maximum absolute atomic E-state index is 12.6. The maximum Gasteiger partial charge on any atom is 0.123 e. The number of benzene rings is 2. The van der Waals surface area contributed by atoms with Crippen LogP contribution in [0.4, 0.5) is 4.39 Å². The first-order valence-electron chi connectivity index (χ1n) is 5.42. The number of halogens is 1. The largest absolute Gasteiger partial charge is 0.496 e. The quantitative estimate of drug-likeness (QED) is 0.718. The van der Waals surface area contributed by atoms with E-state index in [1.807, 2.05) is 36.4 Å². The molecule has 0 spiro atoms. The van der Waals surface area contributed by atoms with Crippen LogP contribution in [0, 0.1) is 5.82 Å².